The van der Waals surface area contributed by atoms with Crippen molar-refractivity contribution >= 4 is 0 Å². The Labute approximate surface area is 208 Å². The highest BCUT2D eigenvalue weighted by Gasteiger charge is 2.36. The van der Waals surface area contributed by atoms with E-state index in [2.05, 4.69) is 75.9 Å². The van der Waals surface area contributed by atoms with Crippen LogP contribution in [0.4, 0.5) is 0 Å². The second-order valence-corrected chi connectivity index (χ2v) is 11.0. The lowest BCUT2D eigenvalue weighted by atomic mass is 9.70. The zero-order valence-electron chi connectivity index (χ0n) is 21.8. The van der Waals surface area contributed by atoms with Crippen LogP contribution in [0.2, 0.25) is 0 Å². The molecule has 0 amide bonds. The molecular formula is C32H46O2. The van der Waals surface area contributed by atoms with Crippen LogP contribution in [0.5, 0.6) is 5.75 Å². The number of ether oxygens (including phenoxy) is 1. The summed E-state index contributed by atoms with van der Waals surface area (Å²) in [6, 6.07) is 17.5. The summed E-state index contributed by atoms with van der Waals surface area (Å²) in [5.74, 6) is 1.02. The van der Waals surface area contributed by atoms with Gasteiger partial charge in [-0.25, -0.2) is 0 Å². The van der Waals surface area contributed by atoms with Crippen LogP contribution >= 0.6 is 0 Å². The van der Waals surface area contributed by atoms with E-state index in [-0.39, 0.29) is 16.9 Å². The number of aliphatic hydroxyl groups excluding tert-OH is 1. The van der Waals surface area contributed by atoms with Crippen molar-refractivity contribution < 1.29 is 9.84 Å². The van der Waals surface area contributed by atoms with Gasteiger partial charge < -0.3 is 9.84 Å². The third-order valence-corrected chi connectivity index (χ3v) is 7.91. The van der Waals surface area contributed by atoms with Crippen LogP contribution in [0.3, 0.4) is 0 Å². The van der Waals surface area contributed by atoms with Crippen molar-refractivity contribution in [3.8, 4) is 5.75 Å². The molecular weight excluding hydrogens is 416 g/mol. The molecule has 2 aromatic carbocycles. The monoisotopic (exact) mass is 462 g/mol. The predicted molar refractivity (Wildman–Crippen MR) is 145 cm³/mol. The summed E-state index contributed by atoms with van der Waals surface area (Å²) < 4.78 is 6.60. The average molecular weight is 463 g/mol. The number of hydrogen-bond acceptors (Lipinski definition) is 2. The van der Waals surface area contributed by atoms with Gasteiger partial charge in [-0.3, -0.25) is 0 Å². The first-order valence-corrected chi connectivity index (χ1v) is 13.5. The van der Waals surface area contributed by atoms with Gasteiger partial charge in [0.05, 0.1) is 6.10 Å². The highest BCUT2D eigenvalue weighted by atomic mass is 16.5. The van der Waals surface area contributed by atoms with Gasteiger partial charge in [0.1, 0.15) is 12.4 Å². The molecule has 34 heavy (non-hydrogen) atoms. The van der Waals surface area contributed by atoms with Gasteiger partial charge in [-0.15, -0.1) is 6.58 Å². The maximum Gasteiger partial charge on any atom is 0.123 e. The summed E-state index contributed by atoms with van der Waals surface area (Å²) in [4.78, 5) is 0. The van der Waals surface area contributed by atoms with Gasteiger partial charge in [-0.05, 0) is 67.6 Å². The lowest BCUT2D eigenvalue weighted by Crippen LogP contribution is -2.27. The van der Waals surface area contributed by atoms with E-state index in [1.165, 1.54) is 48.8 Å². The van der Waals surface area contributed by atoms with Crippen molar-refractivity contribution in [2.24, 2.45) is 0 Å². The number of rotatable bonds is 12. The molecule has 0 bridgehead atoms. The molecule has 0 radical (unpaired) electrons. The number of hydrogen-bond donors (Lipinski definition) is 1. The minimum absolute atomic E-state index is 0.0188. The Morgan fingerprint density at radius 1 is 1.06 bits per heavy atom. The molecule has 2 atom stereocenters. The van der Waals surface area contributed by atoms with Crippen molar-refractivity contribution in [3.05, 3.63) is 77.9 Å². The maximum absolute atomic E-state index is 10.4. The normalized spacial score (nSPS) is 21.1. The van der Waals surface area contributed by atoms with Crippen LogP contribution in [0.25, 0.3) is 0 Å². The molecule has 1 fully saturated rings. The summed E-state index contributed by atoms with van der Waals surface area (Å²) >= 11 is 0. The van der Waals surface area contributed by atoms with Gasteiger partial charge in [0.2, 0.25) is 0 Å². The summed E-state index contributed by atoms with van der Waals surface area (Å²) in [5.41, 5.74) is 3.94. The quantitative estimate of drug-likeness (QED) is 0.194. The van der Waals surface area contributed by atoms with E-state index in [4.69, 9.17) is 4.74 Å². The maximum atomic E-state index is 10.4. The molecule has 1 N–H and O–H groups in total. The van der Waals surface area contributed by atoms with Crippen molar-refractivity contribution in [1.29, 1.82) is 0 Å². The van der Waals surface area contributed by atoms with Gasteiger partial charge >= 0.3 is 0 Å². The zero-order valence-corrected chi connectivity index (χ0v) is 21.8. The number of aliphatic hydroxyl groups is 1. The van der Waals surface area contributed by atoms with Gasteiger partial charge in [0.15, 0.2) is 0 Å². The first-order chi connectivity index (χ1) is 16.4. The number of benzene rings is 2. The van der Waals surface area contributed by atoms with E-state index in [1.807, 2.05) is 6.07 Å². The molecule has 186 valence electrons. The fraction of sp³-hybridized carbons (Fsp3) is 0.562. The Hall–Kier alpha value is -2.06. The fourth-order valence-electron chi connectivity index (χ4n) is 5.62. The van der Waals surface area contributed by atoms with Crippen LogP contribution in [0.15, 0.2) is 61.2 Å². The molecule has 0 saturated heterocycles. The largest absolute Gasteiger partial charge is 0.489 e. The van der Waals surface area contributed by atoms with E-state index in [1.54, 1.807) is 0 Å². The van der Waals surface area contributed by atoms with Crippen molar-refractivity contribution in [1.82, 2.24) is 0 Å². The van der Waals surface area contributed by atoms with E-state index in [0.29, 0.717) is 6.61 Å². The standard InChI is InChI=1S/C32H46O2/c1-5-7-8-12-21-31(3,4)27-17-18-29(30(24-27)34-25-26-14-10-9-11-15-26)32(20-6-2)22-13-16-28(33)19-23-32/h6,9-11,14-15,17-18,24,28,33H,2,5,7-8,12-13,16,19-23,25H2,1,3-4H3/t28-,32+/m1/s1. The van der Waals surface area contributed by atoms with Crippen molar-refractivity contribution in [2.75, 3.05) is 0 Å². The Balaban J connectivity index is 1.95. The van der Waals surface area contributed by atoms with Crippen LogP contribution in [0.1, 0.15) is 108 Å². The molecule has 3 rings (SSSR count). The highest BCUT2D eigenvalue weighted by Crippen LogP contribution is 2.46. The molecule has 2 nitrogen and oxygen atoms in total. The molecule has 1 aliphatic rings. The summed E-state index contributed by atoms with van der Waals surface area (Å²) in [5, 5.41) is 10.4. The van der Waals surface area contributed by atoms with Gasteiger partial charge in [0.25, 0.3) is 0 Å². The lowest BCUT2D eigenvalue weighted by molar-refractivity contribution is 0.154. The Bertz CT molecular complexity index is 885. The summed E-state index contributed by atoms with van der Waals surface area (Å²) in [7, 11) is 0. The third-order valence-electron chi connectivity index (χ3n) is 7.91. The first-order valence-electron chi connectivity index (χ1n) is 13.5. The minimum atomic E-state index is -0.193. The molecule has 1 saturated carbocycles. The van der Waals surface area contributed by atoms with E-state index >= 15 is 0 Å². The predicted octanol–water partition coefficient (Wildman–Crippen LogP) is 8.65. The molecule has 0 aliphatic heterocycles. The molecule has 1 aliphatic carbocycles. The lowest BCUT2D eigenvalue weighted by Gasteiger charge is -2.35. The van der Waals surface area contributed by atoms with Crippen molar-refractivity contribution in [2.45, 2.75) is 115 Å². The van der Waals surface area contributed by atoms with E-state index in [9.17, 15) is 5.11 Å². The van der Waals surface area contributed by atoms with Crippen molar-refractivity contribution in [3.63, 3.8) is 0 Å². The van der Waals surface area contributed by atoms with Gasteiger partial charge in [-0.1, -0.05) is 95.0 Å². The SMILES string of the molecule is C=CC[C@]1(c2ccc(C(C)(C)CCCCCC)cc2OCc2ccccc2)CCC[C@@H](O)CC1. The summed E-state index contributed by atoms with van der Waals surface area (Å²) in [6.07, 6.45) is 13.9. The third kappa shape index (κ3) is 6.98. The van der Waals surface area contributed by atoms with Crippen LogP contribution in [0, 0.1) is 0 Å². The smallest absolute Gasteiger partial charge is 0.123 e. The molecule has 0 aromatic heterocycles. The number of unbranched alkanes of at least 4 members (excludes halogenated alkanes) is 3. The Morgan fingerprint density at radius 2 is 1.85 bits per heavy atom. The molecule has 2 aromatic rings. The second-order valence-electron chi connectivity index (χ2n) is 11.0. The molecule has 0 heterocycles. The van der Waals surface area contributed by atoms with Crippen LogP contribution in [-0.2, 0) is 17.4 Å². The first kappa shape index (κ1) is 26.5. The molecule has 2 heteroatoms. The van der Waals surface area contributed by atoms with Crippen LogP contribution < -0.4 is 4.74 Å². The molecule has 0 spiro atoms. The van der Waals surface area contributed by atoms with E-state index in [0.717, 1.165) is 44.3 Å². The van der Waals surface area contributed by atoms with E-state index < -0.39 is 0 Å². The van der Waals surface area contributed by atoms with Gasteiger partial charge in [-0.2, -0.15) is 0 Å². The zero-order chi connectivity index (χ0) is 24.4. The molecule has 0 unspecified atom stereocenters. The van der Waals surface area contributed by atoms with Gasteiger partial charge in [0, 0.05) is 11.0 Å². The number of allylic oxidation sites excluding steroid dienone is 1. The fourth-order valence-corrected chi connectivity index (χ4v) is 5.62. The Morgan fingerprint density at radius 3 is 2.59 bits per heavy atom. The second kappa shape index (κ2) is 12.6. The minimum Gasteiger partial charge on any atom is -0.489 e. The highest BCUT2D eigenvalue weighted by molar-refractivity contribution is 5.45. The summed E-state index contributed by atoms with van der Waals surface area (Å²) in [6.45, 7) is 11.7. The van der Waals surface area contributed by atoms with Crippen LogP contribution in [-0.4, -0.2) is 11.2 Å². The average Bonchev–Trinajstić information content (AvgIpc) is 3.03. The topological polar surface area (TPSA) is 29.5 Å². The Kier molecular flexibility index (Phi) is 9.83.